The number of nitrogens with zero attached hydrogens (tertiary/aromatic N) is 2. The molecule has 1 N–H and O–H groups in total. The number of carbonyl (C=O) groups is 1. The minimum Gasteiger partial charge on any atom is -0.316 e. The number of piperidine rings is 1. The van der Waals surface area contributed by atoms with E-state index in [0.29, 0.717) is 36.5 Å². The molecule has 0 spiro atoms. The SMILES string of the molecule is N#Cc1ccsc1NC(=O)C1CCN(S(=O)(=O)/C=C/c2ccccc2)CC1. The average Bonchev–Trinajstić information content (AvgIpc) is 3.14. The topological polar surface area (TPSA) is 90.3 Å². The maximum absolute atomic E-state index is 12.5. The van der Waals surface area contributed by atoms with Gasteiger partial charge in [0.1, 0.15) is 11.1 Å². The van der Waals surface area contributed by atoms with Crippen LogP contribution in [0.1, 0.15) is 24.0 Å². The van der Waals surface area contributed by atoms with Crippen LogP contribution in [-0.4, -0.2) is 31.7 Å². The lowest BCUT2D eigenvalue weighted by atomic mass is 9.97. The molecule has 1 aliphatic rings. The summed E-state index contributed by atoms with van der Waals surface area (Å²) in [5.74, 6) is -0.422. The van der Waals surface area contributed by atoms with Crippen molar-refractivity contribution < 1.29 is 13.2 Å². The van der Waals surface area contributed by atoms with Gasteiger partial charge in [-0.05, 0) is 35.9 Å². The molecule has 140 valence electrons. The molecule has 2 heterocycles. The van der Waals surface area contributed by atoms with Crippen LogP contribution in [0.3, 0.4) is 0 Å². The minimum atomic E-state index is -3.51. The van der Waals surface area contributed by atoms with Crippen molar-refractivity contribution >= 4 is 38.3 Å². The molecule has 8 heteroatoms. The molecule has 27 heavy (non-hydrogen) atoms. The van der Waals surface area contributed by atoms with Crippen molar-refractivity contribution in [2.75, 3.05) is 18.4 Å². The molecule has 1 saturated heterocycles. The summed E-state index contributed by atoms with van der Waals surface area (Å²) in [5.41, 5.74) is 1.26. The Morgan fingerprint density at radius 3 is 2.59 bits per heavy atom. The van der Waals surface area contributed by atoms with Crippen LogP contribution in [0.25, 0.3) is 6.08 Å². The molecule has 0 radical (unpaired) electrons. The largest absolute Gasteiger partial charge is 0.316 e. The fraction of sp³-hybridized carbons (Fsp3) is 0.263. The van der Waals surface area contributed by atoms with E-state index < -0.39 is 10.0 Å². The Hall–Kier alpha value is -2.47. The number of carbonyl (C=O) groups excluding carboxylic acids is 1. The van der Waals surface area contributed by atoms with E-state index in [0.717, 1.165) is 5.56 Å². The molecule has 1 aromatic heterocycles. The zero-order valence-electron chi connectivity index (χ0n) is 14.5. The maximum atomic E-state index is 12.5. The van der Waals surface area contributed by atoms with Crippen molar-refractivity contribution in [2.45, 2.75) is 12.8 Å². The quantitative estimate of drug-likeness (QED) is 0.832. The van der Waals surface area contributed by atoms with E-state index >= 15 is 0 Å². The third-order valence-corrected chi connectivity index (χ3v) is 6.83. The lowest BCUT2D eigenvalue weighted by Crippen LogP contribution is -2.40. The van der Waals surface area contributed by atoms with Crippen LogP contribution in [0, 0.1) is 17.2 Å². The number of sulfonamides is 1. The Bertz CT molecular complexity index is 967. The highest BCUT2D eigenvalue weighted by Gasteiger charge is 2.30. The lowest BCUT2D eigenvalue weighted by Gasteiger charge is -2.29. The number of thiophene rings is 1. The number of nitrogens with one attached hydrogen (secondary N) is 1. The third-order valence-electron chi connectivity index (χ3n) is 4.44. The zero-order valence-corrected chi connectivity index (χ0v) is 16.2. The molecule has 0 saturated carbocycles. The molecular weight excluding hydrogens is 382 g/mol. The average molecular weight is 402 g/mol. The second kappa shape index (κ2) is 8.48. The molecule has 1 aliphatic heterocycles. The predicted octanol–water partition coefficient (Wildman–Crippen LogP) is 3.27. The minimum absolute atomic E-state index is 0.161. The zero-order chi connectivity index (χ0) is 19.3. The Kier molecular flexibility index (Phi) is 6.06. The lowest BCUT2D eigenvalue weighted by molar-refractivity contribution is -0.120. The first kappa shape index (κ1) is 19.3. The molecule has 2 aromatic rings. The first-order valence-electron chi connectivity index (χ1n) is 8.51. The third kappa shape index (κ3) is 4.83. The standard InChI is InChI=1S/C19H19N3O3S2/c20-14-17-8-12-26-19(17)21-18(23)16-6-10-22(11-7-16)27(24,25)13-9-15-4-2-1-3-5-15/h1-5,8-9,12-13,16H,6-7,10-11H2,(H,21,23)/b13-9+. The van der Waals surface area contributed by atoms with E-state index in [1.165, 1.54) is 21.1 Å². The van der Waals surface area contributed by atoms with Crippen LogP contribution < -0.4 is 5.32 Å². The molecule has 6 nitrogen and oxygen atoms in total. The Morgan fingerprint density at radius 2 is 1.93 bits per heavy atom. The predicted molar refractivity (Wildman–Crippen MR) is 106 cm³/mol. The summed E-state index contributed by atoms with van der Waals surface area (Å²) in [5, 5.41) is 15.3. The van der Waals surface area contributed by atoms with Gasteiger partial charge < -0.3 is 5.32 Å². The molecule has 0 bridgehead atoms. The fourth-order valence-corrected chi connectivity index (χ4v) is 4.86. The van der Waals surface area contributed by atoms with Gasteiger partial charge in [0.15, 0.2) is 0 Å². The monoisotopic (exact) mass is 401 g/mol. The normalized spacial score (nSPS) is 16.3. The number of benzene rings is 1. The van der Waals surface area contributed by atoms with E-state index in [1.54, 1.807) is 17.5 Å². The van der Waals surface area contributed by atoms with Gasteiger partial charge >= 0.3 is 0 Å². The van der Waals surface area contributed by atoms with Gasteiger partial charge in [-0.1, -0.05) is 30.3 Å². The first-order chi connectivity index (χ1) is 13.0. The number of amides is 1. The summed E-state index contributed by atoms with van der Waals surface area (Å²) < 4.78 is 26.4. The molecular formula is C19H19N3O3S2. The van der Waals surface area contributed by atoms with E-state index in [9.17, 15) is 13.2 Å². The highest BCUT2D eigenvalue weighted by Crippen LogP contribution is 2.26. The summed E-state index contributed by atoms with van der Waals surface area (Å²) in [6.07, 6.45) is 2.49. The van der Waals surface area contributed by atoms with Crippen LogP contribution in [0.5, 0.6) is 0 Å². The van der Waals surface area contributed by atoms with Gasteiger partial charge in [0, 0.05) is 24.4 Å². The van der Waals surface area contributed by atoms with Crippen LogP contribution >= 0.6 is 11.3 Å². The van der Waals surface area contributed by atoms with Crippen molar-refractivity contribution in [3.63, 3.8) is 0 Å². The van der Waals surface area contributed by atoms with E-state index in [2.05, 4.69) is 5.32 Å². The second-order valence-electron chi connectivity index (χ2n) is 6.20. The molecule has 0 unspecified atom stereocenters. The summed E-state index contributed by atoms with van der Waals surface area (Å²) in [7, 11) is -3.51. The van der Waals surface area contributed by atoms with Gasteiger partial charge in [-0.2, -0.15) is 9.57 Å². The summed E-state index contributed by atoms with van der Waals surface area (Å²) >= 11 is 1.31. The van der Waals surface area contributed by atoms with Gasteiger partial charge in [-0.15, -0.1) is 11.3 Å². The van der Waals surface area contributed by atoms with Gasteiger partial charge in [-0.25, -0.2) is 8.42 Å². The second-order valence-corrected chi connectivity index (χ2v) is 8.93. The maximum Gasteiger partial charge on any atom is 0.236 e. The summed E-state index contributed by atoms with van der Waals surface area (Å²) in [4.78, 5) is 12.4. The van der Waals surface area contributed by atoms with Crippen LogP contribution in [-0.2, 0) is 14.8 Å². The fourth-order valence-electron chi connectivity index (χ4n) is 2.90. The van der Waals surface area contributed by atoms with Gasteiger partial charge in [0.05, 0.1) is 5.56 Å². The Morgan fingerprint density at radius 1 is 1.22 bits per heavy atom. The molecule has 0 aliphatic carbocycles. The molecule has 1 amide bonds. The van der Waals surface area contributed by atoms with Crippen molar-refractivity contribution in [2.24, 2.45) is 5.92 Å². The molecule has 0 atom stereocenters. The van der Waals surface area contributed by atoms with Crippen LogP contribution in [0.2, 0.25) is 0 Å². The number of hydrogen-bond acceptors (Lipinski definition) is 5. The summed E-state index contributed by atoms with van der Waals surface area (Å²) in [6.45, 7) is 0.601. The Balaban J connectivity index is 1.57. The van der Waals surface area contributed by atoms with Crippen LogP contribution in [0.4, 0.5) is 5.00 Å². The highest BCUT2D eigenvalue weighted by molar-refractivity contribution is 7.92. The number of nitriles is 1. The van der Waals surface area contributed by atoms with Crippen LogP contribution in [0.15, 0.2) is 47.2 Å². The smallest absolute Gasteiger partial charge is 0.236 e. The van der Waals surface area contributed by atoms with E-state index in [4.69, 9.17) is 5.26 Å². The molecule has 1 fully saturated rings. The van der Waals surface area contributed by atoms with Crippen molar-refractivity contribution in [1.82, 2.24) is 4.31 Å². The molecule has 3 rings (SSSR count). The van der Waals surface area contributed by atoms with Gasteiger partial charge in [-0.3, -0.25) is 4.79 Å². The molecule has 1 aromatic carbocycles. The number of anilines is 1. The van der Waals surface area contributed by atoms with Crippen molar-refractivity contribution in [1.29, 1.82) is 5.26 Å². The van der Waals surface area contributed by atoms with Crippen molar-refractivity contribution in [3.05, 3.63) is 58.3 Å². The Labute approximate surface area is 162 Å². The van der Waals surface area contributed by atoms with Crippen molar-refractivity contribution in [3.8, 4) is 6.07 Å². The highest BCUT2D eigenvalue weighted by atomic mass is 32.2. The van der Waals surface area contributed by atoms with E-state index in [-0.39, 0.29) is 11.8 Å². The van der Waals surface area contributed by atoms with E-state index in [1.807, 2.05) is 36.4 Å². The summed E-state index contributed by atoms with van der Waals surface area (Å²) in [6, 6.07) is 12.9. The first-order valence-corrected chi connectivity index (χ1v) is 10.9. The number of hydrogen-bond donors (Lipinski definition) is 1. The van der Waals surface area contributed by atoms with Gasteiger partial charge in [0.2, 0.25) is 15.9 Å². The van der Waals surface area contributed by atoms with Gasteiger partial charge in [0.25, 0.3) is 0 Å². The number of rotatable bonds is 5.